The number of carbonyl (C=O) groups excluding carboxylic acids is 1. The van der Waals surface area contributed by atoms with Gasteiger partial charge >= 0.3 is 5.97 Å². The second-order valence-electron chi connectivity index (χ2n) is 6.50. The minimum atomic E-state index is -0.940. The Morgan fingerprint density at radius 1 is 1.20 bits per heavy atom. The first-order chi connectivity index (χ1) is 12.0. The molecule has 0 radical (unpaired) electrons. The number of rotatable bonds is 5. The van der Waals surface area contributed by atoms with Crippen LogP contribution >= 0.6 is 0 Å². The summed E-state index contributed by atoms with van der Waals surface area (Å²) in [5.74, 6) is -0.780. The summed E-state index contributed by atoms with van der Waals surface area (Å²) in [6.45, 7) is 0.839. The number of ether oxygens (including phenoxy) is 1. The molecule has 0 saturated heterocycles. The monoisotopic (exact) mass is 338 g/mol. The predicted molar refractivity (Wildman–Crippen MR) is 91.5 cm³/mol. The molecular formula is C20H19FN2O2. The van der Waals surface area contributed by atoms with E-state index < -0.39 is 11.6 Å². The first-order valence-electron chi connectivity index (χ1n) is 8.15. The molecule has 128 valence electrons. The minimum absolute atomic E-state index is 0.337. The molecule has 0 fully saturated rings. The number of fused-ring (bicyclic) bond motifs is 1. The molecule has 4 nitrogen and oxygen atoms in total. The van der Waals surface area contributed by atoms with Crippen molar-refractivity contribution in [3.05, 3.63) is 70.5 Å². The highest BCUT2D eigenvalue weighted by molar-refractivity contribution is 5.95. The van der Waals surface area contributed by atoms with Crippen molar-refractivity contribution in [2.24, 2.45) is 0 Å². The highest BCUT2D eigenvalue weighted by atomic mass is 19.1. The van der Waals surface area contributed by atoms with Crippen LogP contribution < -0.4 is 0 Å². The van der Waals surface area contributed by atoms with Crippen LogP contribution in [0.5, 0.6) is 0 Å². The third-order valence-electron chi connectivity index (χ3n) is 4.52. The Morgan fingerprint density at radius 3 is 2.56 bits per heavy atom. The zero-order valence-electron chi connectivity index (χ0n) is 14.3. The first kappa shape index (κ1) is 17.1. The van der Waals surface area contributed by atoms with Gasteiger partial charge in [-0.25, -0.2) is 9.18 Å². The topological polar surface area (TPSA) is 53.3 Å². The van der Waals surface area contributed by atoms with Crippen molar-refractivity contribution in [3.8, 4) is 6.07 Å². The lowest BCUT2D eigenvalue weighted by atomic mass is 9.81. The summed E-state index contributed by atoms with van der Waals surface area (Å²) in [6, 6.07) is 13.1. The molecule has 25 heavy (non-hydrogen) atoms. The van der Waals surface area contributed by atoms with Crippen LogP contribution in [-0.2, 0) is 10.3 Å². The summed E-state index contributed by atoms with van der Waals surface area (Å²) in [6.07, 6.45) is 1.39. The van der Waals surface area contributed by atoms with Gasteiger partial charge in [-0.3, -0.25) is 0 Å². The number of halogens is 1. The number of benzene rings is 2. The van der Waals surface area contributed by atoms with E-state index in [1.54, 1.807) is 30.3 Å². The van der Waals surface area contributed by atoms with Crippen molar-refractivity contribution in [2.75, 3.05) is 20.6 Å². The quantitative estimate of drug-likeness (QED) is 0.784. The van der Waals surface area contributed by atoms with Gasteiger partial charge < -0.3 is 9.64 Å². The van der Waals surface area contributed by atoms with Gasteiger partial charge in [-0.1, -0.05) is 18.2 Å². The molecule has 1 aliphatic heterocycles. The maximum absolute atomic E-state index is 13.4. The average Bonchev–Trinajstić information content (AvgIpc) is 2.88. The standard InChI is InChI=1S/C20H19FN2O2/c1-23(2)11-3-10-20(15-5-7-16(21)8-6-15)18-9-4-14(13-22)12-17(18)19(24)25-20/h4-9,12H,3,10-11H2,1-2H3/t20-/m0/s1. The second kappa shape index (κ2) is 6.66. The summed E-state index contributed by atoms with van der Waals surface area (Å²) >= 11 is 0. The summed E-state index contributed by atoms with van der Waals surface area (Å²) in [5.41, 5.74) is 1.36. The highest BCUT2D eigenvalue weighted by Gasteiger charge is 2.46. The number of nitriles is 1. The van der Waals surface area contributed by atoms with E-state index >= 15 is 0 Å². The smallest absolute Gasteiger partial charge is 0.339 e. The van der Waals surface area contributed by atoms with Crippen molar-refractivity contribution >= 4 is 5.97 Å². The Labute approximate surface area is 146 Å². The molecule has 0 spiro atoms. The van der Waals surface area contributed by atoms with Crippen LogP contribution in [0, 0.1) is 17.1 Å². The van der Waals surface area contributed by atoms with Gasteiger partial charge in [-0.2, -0.15) is 5.26 Å². The fourth-order valence-corrected chi connectivity index (χ4v) is 3.31. The molecule has 0 bridgehead atoms. The maximum Gasteiger partial charge on any atom is 0.339 e. The molecule has 0 amide bonds. The number of cyclic esters (lactones) is 1. The van der Waals surface area contributed by atoms with E-state index in [4.69, 9.17) is 10.00 Å². The van der Waals surface area contributed by atoms with Crippen molar-refractivity contribution in [3.63, 3.8) is 0 Å². The van der Waals surface area contributed by atoms with Crippen LogP contribution in [0.1, 0.15) is 39.9 Å². The lowest BCUT2D eigenvalue weighted by Crippen LogP contribution is -2.29. The Balaban J connectivity index is 2.09. The molecule has 0 N–H and O–H groups in total. The van der Waals surface area contributed by atoms with E-state index in [2.05, 4.69) is 4.90 Å². The largest absolute Gasteiger partial charge is 0.446 e. The van der Waals surface area contributed by atoms with Crippen molar-refractivity contribution in [2.45, 2.75) is 18.4 Å². The van der Waals surface area contributed by atoms with Crippen molar-refractivity contribution in [1.82, 2.24) is 4.90 Å². The van der Waals surface area contributed by atoms with E-state index in [0.717, 1.165) is 24.1 Å². The zero-order valence-corrected chi connectivity index (χ0v) is 14.3. The van der Waals surface area contributed by atoms with E-state index in [1.165, 1.54) is 12.1 Å². The van der Waals surface area contributed by atoms with Crippen LogP contribution in [0.15, 0.2) is 42.5 Å². The van der Waals surface area contributed by atoms with Crippen LogP contribution in [-0.4, -0.2) is 31.5 Å². The minimum Gasteiger partial charge on any atom is -0.446 e. The Hall–Kier alpha value is -2.71. The second-order valence-corrected chi connectivity index (χ2v) is 6.50. The predicted octanol–water partition coefficient (Wildman–Crippen LogP) is 3.45. The van der Waals surface area contributed by atoms with Gasteiger partial charge in [0.2, 0.25) is 0 Å². The summed E-state index contributed by atoms with van der Waals surface area (Å²) in [7, 11) is 3.97. The normalized spacial score (nSPS) is 18.8. The lowest BCUT2D eigenvalue weighted by molar-refractivity contribution is 0.00582. The summed E-state index contributed by atoms with van der Waals surface area (Å²) < 4.78 is 19.2. The molecule has 0 aliphatic carbocycles. The van der Waals surface area contributed by atoms with Gasteiger partial charge in [0.05, 0.1) is 17.2 Å². The van der Waals surface area contributed by atoms with Crippen molar-refractivity contribution in [1.29, 1.82) is 5.26 Å². The number of nitrogens with zero attached hydrogens (tertiary/aromatic N) is 2. The lowest BCUT2D eigenvalue weighted by Gasteiger charge is -2.30. The molecule has 5 heteroatoms. The molecule has 2 aromatic carbocycles. The first-order valence-corrected chi connectivity index (χ1v) is 8.15. The molecule has 1 atom stereocenters. The molecule has 1 heterocycles. The summed E-state index contributed by atoms with van der Waals surface area (Å²) in [5, 5.41) is 9.09. The van der Waals surface area contributed by atoms with Gasteiger partial charge in [0.1, 0.15) is 5.82 Å². The van der Waals surface area contributed by atoms with Crippen molar-refractivity contribution < 1.29 is 13.9 Å². The molecular weight excluding hydrogens is 319 g/mol. The number of carbonyl (C=O) groups is 1. The van der Waals surface area contributed by atoms with E-state index in [0.29, 0.717) is 17.5 Å². The summed E-state index contributed by atoms with van der Waals surface area (Å²) in [4.78, 5) is 14.5. The number of esters is 1. The maximum atomic E-state index is 13.4. The SMILES string of the molecule is CN(C)CCC[C@@]1(c2ccc(F)cc2)OC(=O)c2cc(C#N)ccc21. The Morgan fingerprint density at radius 2 is 1.92 bits per heavy atom. The molecule has 0 saturated carbocycles. The molecule has 2 aromatic rings. The number of hydrogen-bond donors (Lipinski definition) is 0. The Bertz CT molecular complexity index is 840. The zero-order chi connectivity index (χ0) is 18.0. The Kier molecular flexibility index (Phi) is 4.56. The number of hydrogen-bond acceptors (Lipinski definition) is 4. The molecule has 3 rings (SSSR count). The fourth-order valence-electron chi connectivity index (χ4n) is 3.31. The molecule has 0 aromatic heterocycles. The van der Waals surface area contributed by atoms with Crippen LogP contribution in [0.25, 0.3) is 0 Å². The fraction of sp³-hybridized carbons (Fsp3) is 0.300. The third-order valence-corrected chi connectivity index (χ3v) is 4.52. The van der Waals surface area contributed by atoms with Crippen LogP contribution in [0.4, 0.5) is 4.39 Å². The molecule has 1 aliphatic rings. The van der Waals surface area contributed by atoms with Crippen LogP contribution in [0.3, 0.4) is 0 Å². The molecule has 0 unspecified atom stereocenters. The van der Waals surface area contributed by atoms with Gasteiger partial charge in [0, 0.05) is 11.1 Å². The van der Waals surface area contributed by atoms with E-state index in [-0.39, 0.29) is 5.82 Å². The highest BCUT2D eigenvalue weighted by Crippen LogP contribution is 2.45. The van der Waals surface area contributed by atoms with E-state index in [9.17, 15) is 9.18 Å². The average molecular weight is 338 g/mol. The van der Waals surface area contributed by atoms with E-state index in [1.807, 2.05) is 20.2 Å². The van der Waals surface area contributed by atoms with Gasteiger partial charge in [0.25, 0.3) is 0 Å². The third kappa shape index (κ3) is 3.13. The van der Waals surface area contributed by atoms with Gasteiger partial charge in [-0.05, 0) is 57.7 Å². The van der Waals surface area contributed by atoms with Gasteiger partial charge in [0.15, 0.2) is 5.60 Å². The van der Waals surface area contributed by atoms with Crippen LogP contribution in [0.2, 0.25) is 0 Å². The van der Waals surface area contributed by atoms with Gasteiger partial charge in [-0.15, -0.1) is 0 Å².